The third-order valence-electron chi connectivity index (χ3n) is 4.69. The molecule has 122 valence electrons. The lowest BCUT2D eigenvalue weighted by Gasteiger charge is -2.40. The Morgan fingerprint density at radius 3 is 2.29 bits per heavy atom. The van der Waals surface area contributed by atoms with Crippen molar-refractivity contribution >= 4 is 17.9 Å². The Hall–Kier alpha value is -0.300. The Balaban J connectivity index is 1.51. The van der Waals surface area contributed by atoms with Crippen molar-refractivity contribution in [1.82, 2.24) is 14.7 Å². The van der Waals surface area contributed by atoms with E-state index in [2.05, 4.69) is 29.4 Å². The molecule has 21 heavy (non-hydrogen) atoms. The quantitative estimate of drug-likeness (QED) is 0.723. The fourth-order valence-corrected chi connectivity index (χ4v) is 3.21. The average molecular weight is 315 g/mol. The van der Waals surface area contributed by atoms with Crippen molar-refractivity contribution < 1.29 is 9.53 Å². The topological polar surface area (TPSA) is 36.0 Å². The molecule has 0 unspecified atom stereocenters. The molecule has 1 aliphatic heterocycles. The summed E-state index contributed by atoms with van der Waals surface area (Å²) in [4.78, 5) is 17.9. The van der Waals surface area contributed by atoms with Crippen LogP contribution >= 0.6 is 12.6 Å². The van der Waals surface area contributed by atoms with Crippen LogP contribution in [0.2, 0.25) is 0 Å². The van der Waals surface area contributed by atoms with E-state index in [-0.39, 0.29) is 5.24 Å². The Bertz CT molecular complexity index is 329. The van der Waals surface area contributed by atoms with Crippen molar-refractivity contribution in [3.63, 3.8) is 0 Å². The standard InChI is InChI=1S/C15H29N3O2S/c1-3-4-17-5-7-18(8-6-17)9-10-20-14-11-13(12-14)16(2)15(19)21/h13-14H,3-12H2,1-2H3,(H,19,21). The molecule has 0 aromatic rings. The number of hydrogen-bond donors (Lipinski definition) is 1. The van der Waals surface area contributed by atoms with Gasteiger partial charge in [0.2, 0.25) is 0 Å². The lowest BCUT2D eigenvalue weighted by Crippen LogP contribution is -2.49. The highest BCUT2D eigenvalue weighted by atomic mass is 32.1. The summed E-state index contributed by atoms with van der Waals surface area (Å²) in [5.74, 6) is 0. The summed E-state index contributed by atoms with van der Waals surface area (Å²) in [5.41, 5.74) is 0. The maximum atomic E-state index is 11.1. The van der Waals surface area contributed by atoms with Crippen molar-refractivity contribution in [2.75, 3.05) is 52.9 Å². The SMILES string of the molecule is CCCN1CCN(CCOC2CC(N(C)C(=O)S)C2)CC1. The normalized spacial score (nSPS) is 27.4. The summed E-state index contributed by atoms with van der Waals surface area (Å²) >= 11 is 3.85. The Morgan fingerprint density at radius 2 is 1.76 bits per heavy atom. The van der Waals surface area contributed by atoms with Crippen LogP contribution in [0.1, 0.15) is 26.2 Å². The summed E-state index contributed by atoms with van der Waals surface area (Å²) in [5, 5.41) is -0.150. The first-order chi connectivity index (χ1) is 10.1. The number of nitrogens with zero attached hydrogens (tertiary/aromatic N) is 3. The van der Waals surface area contributed by atoms with Crippen molar-refractivity contribution in [2.45, 2.75) is 38.3 Å². The minimum Gasteiger partial charge on any atom is -0.377 e. The fraction of sp³-hybridized carbons (Fsp3) is 0.933. The van der Waals surface area contributed by atoms with Crippen molar-refractivity contribution in [2.24, 2.45) is 0 Å². The number of carbonyl (C=O) groups is 1. The molecule has 5 nitrogen and oxygen atoms in total. The van der Waals surface area contributed by atoms with E-state index in [0.717, 1.165) is 39.1 Å². The van der Waals surface area contributed by atoms with E-state index in [1.807, 2.05) is 7.05 Å². The molecule has 1 aliphatic carbocycles. The first-order valence-corrected chi connectivity index (χ1v) is 8.57. The van der Waals surface area contributed by atoms with Gasteiger partial charge in [0, 0.05) is 45.8 Å². The molecule has 2 fully saturated rings. The van der Waals surface area contributed by atoms with Gasteiger partial charge < -0.3 is 14.5 Å². The van der Waals surface area contributed by atoms with Gasteiger partial charge >= 0.3 is 0 Å². The summed E-state index contributed by atoms with van der Waals surface area (Å²) < 4.78 is 5.90. The van der Waals surface area contributed by atoms with Crippen LogP contribution in [0.4, 0.5) is 4.79 Å². The second-order valence-electron chi connectivity index (χ2n) is 6.19. The van der Waals surface area contributed by atoms with Gasteiger partial charge in [-0.2, -0.15) is 0 Å². The Morgan fingerprint density at radius 1 is 1.19 bits per heavy atom. The highest BCUT2D eigenvalue weighted by Gasteiger charge is 2.34. The molecular weight excluding hydrogens is 286 g/mol. The van der Waals surface area contributed by atoms with Gasteiger partial charge in [0.05, 0.1) is 12.7 Å². The van der Waals surface area contributed by atoms with Gasteiger partial charge in [-0.15, -0.1) is 0 Å². The van der Waals surface area contributed by atoms with Crippen LogP contribution in [0.25, 0.3) is 0 Å². The minimum absolute atomic E-state index is 0.150. The van der Waals surface area contributed by atoms with Gasteiger partial charge in [-0.3, -0.25) is 9.69 Å². The van der Waals surface area contributed by atoms with Crippen LogP contribution in [0.5, 0.6) is 0 Å². The Kier molecular flexibility index (Phi) is 6.79. The molecule has 0 aromatic heterocycles. The smallest absolute Gasteiger partial charge is 0.278 e. The molecule has 0 bridgehead atoms. The van der Waals surface area contributed by atoms with Crippen molar-refractivity contribution in [3.8, 4) is 0 Å². The van der Waals surface area contributed by atoms with Gasteiger partial charge in [-0.25, -0.2) is 0 Å². The number of thiol groups is 1. The van der Waals surface area contributed by atoms with Crippen LogP contribution in [-0.4, -0.2) is 85.0 Å². The van der Waals surface area contributed by atoms with E-state index in [9.17, 15) is 4.79 Å². The number of carbonyl (C=O) groups excluding carboxylic acids is 1. The number of hydrogen-bond acceptors (Lipinski definition) is 4. The molecule has 2 rings (SSSR count). The fourth-order valence-electron chi connectivity index (χ4n) is 3.05. The van der Waals surface area contributed by atoms with E-state index in [1.165, 1.54) is 26.1 Å². The second kappa shape index (κ2) is 8.36. The van der Waals surface area contributed by atoms with Gasteiger partial charge in [0.25, 0.3) is 5.24 Å². The van der Waals surface area contributed by atoms with E-state index in [0.29, 0.717) is 12.1 Å². The van der Waals surface area contributed by atoms with E-state index < -0.39 is 0 Å². The maximum Gasteiger partial charge on any atom is 0.278 e. The highest BCUT2D eigenvalue weighted by Crippen LogP contribution is 2.28. The number of amides is 1. The number of ether oxygens (including phenoxy) is 1. The molecule has 0 aromatic carbocycles. The van der Waals surface area contributed by atoms with E-state index >= 15 is 0 Å². The van der Waals surface area contributed by atoms with E-state index in [1.54, 1.807) is 4.90 Å². The number of rotatable bonds is 7. The zero-order chi connectivity index (χ0) is 15.2. The summed E-state index contributed by atoms with van der Waals surface area (Å²) in [6, 6.07) is 0.317. The predicted molar refractivity (Wildman–Crippen MR) is 88.1 cm³/mol. The average Bonchev–Trinajstić information content (AvgIpc) is 2.42. The van der Waals surface area contributed by atoms with Crippen molar-refractivity contribution in [3.05, 3.63) is 0 Å². The monoisotopic (exact) mass is 315 g/mol. The largest absolute Gasteiger partial charge is 0.377 e. The first-order valence-electron chi connectivity index (χ1n) is 8.12. The molecule has 0 N–H and O–H groups in total. The summed E-state index contributed by atoms with van der Waals surface area (Å²) in [6.45, 7) is 10.0. The second-order valence-corrected chi connectivity index (χ2v) is 6.58. The van der Waals surface area contributed by atoms with Gasteiger partial charge in [0.1, 0.15) is 0 Å². The van der Waals surface area contributed by atoms with Crippen LogP contribution < -0.4 is 0 Å². The third-order valence-corrected chi connectivity index (χ3v) is 5.00. The van der Waals surface area contributed by atoms with Crippen LogP contribution in [0, 0.1) is 0 Å². The van der Waals surface area contributed by atoms with Crippen LogP contribution in [-0.2, 0) is 4.74 Å². The summed E-state index contributed by atoms with van der Waals surface area (Å²) in [7, 11) is 1.81. The molecule has 1 saturated carbocycles. The van der Waals surface area contributed by atoms with Gasteiger partial charge in [-0.1, -0.05) is 19.6 Å². The molecule has 1 saturated heterocycles. The lowest BCUT2D eigenvalue weighted by molar-refractivity contribution is -0.0430. The first kappa shape index (κ1) is 17.1. The molecule has 6 heteroatoms. The van der Waals surface area contributed by atoms with Crippen molar-refractivity contribution in [1.29, 1.82) is 0 Å². The predicted octanol–water partition coefficient (Wildman–Crippen LogP) is 1.54. The molecule has 0 atom stereocenters. The zero-order valence-electron chi connectivity index (χ0n) is 13.3. The zero-order valence-corrected chi connectivity index (χ0v) is 14.2. The van der Waals surface area contributed by atoms with Crippen LogP contribution in [0.15, 0.2) is 0 Å². The number of piperazine rings is 1. The molecule has 1 amide bonds. The van der Waals surface area contributed by atoms with Gasteiger partial charge in [0.15, 0.2) is 0 Å². The lowest BCUT2D eigenvalue weighted by atomic mass is 9.88. The molecule has 0 radical (unpaired) electrons. The van der Waals surface area contributed by atoms with E-state index in [4.69, 9.17) is 4.74 Å². The van der Waals surface area contributed by atoms with Gasteiger partial charge in [-0.05, 0) is 25.8 Å². The Labute approximate surface area is 134 Å². The minimum atomic E-state index is -0.150. The van der Waals surface area contributed by atoms with Crippen LogP contribution in [0.3, 0.4) is 0 Å². The molecular formula is C15H29N3O2S. The maximum absolute atomic E-state index is 11.1. The molecule has 2 aliphatic rings. The summed E-state index contributed by atoms with van der Waals surface area (Å²) in [6.07, 6.45) is 3.47. The molecule has 1 heterocycles. The third kappa shape index (κ3) is 5.13. The highest BCUT2D eigenvalue weighted by molar-refractivity contribution is 7.96. The molecule has 0 spiro atoms.